The molecule has 2 aromatic rings. The van der Waals surface area contributed by atoms with Gasteiger partial charge >= 0.3 is 0 Å². The summed E-state index contributed by atoms with van der Waals surface area (Å²) in [5.74, 6) is 0.425. The molecule has 0 radical (unpaired) electrons. The van der Waals surface area contributed by atoms with Crippen LogP contribution in [0.5, 0.6) is 0 Å². The van der Waals surface area contributed by atoms with Crippen LogP contribution >= 0.6 is 15.9 Å². The Labute approximate surface area is 110 Å². The van der Waals surface area contributed by atoms with E-state index in [1.54, 1.807) is 23.0 Å². The maximum absolute atomic E-state index is 12.2. The van der Waals surface area contributed by atoms with Gasteiger partial charge in [-0.15, -0.1) is 0 Å². The lowest BCUT2D eigenvalue weighted by Gasteiger charge is -2.05. The molecule has 0 saturated heterocycles. The molecule has 0 amide bonds. The molecule has 0 aliphatic rings. The highest BCUT2D eigenvalue weighted by Crippen LogP contribution is 2.23. The molecule has 6 heteroatoms. The number of nitrogens with zero attached hydrogens (tertiary/aromatic N) is 2. The largest absolute Gasteiger partial charge is 0.398 e. The third-order valence-electron chi connectivity index (χ3n) is 2.28. The lowest BCUT2D eigenvalue weighted by Crippen LogP contribution is -2.00. The van der Waals surface area contributed by atoms with Crippen molar-refractivity contribution >= 4 is 32.4 Å². The molecule has 2 rings (SSSR count). The van der Waals surface area contributed by atoms with Crippen molar-refractivity contribution in [3.8, 4) is 0 Å². The maximum Gasteiger partial charge on any atom is 0.0632 e. The standard InChI is InChI=1S/C11H12BrN3OS/c1-15-6-8(5-14-15)7-17(16)11-4-9(12)2-3-10(11)13/h2-6H,7,13H2,1H3. The Kier molecular flexibility index (Phi) is 3.63. The number of aryl methyl sites for hydroxylation is 1. The second kappa shape index (κ2) is 5.01. The van der Waals surface area contributed by atoms with E-state index in [-0.39, 0.29) is 0 Å². The second-order valence-electron chi connectivity index (χ2n) is 3.69. The molecule has 0 saturated carbocycles. The van der Waals surface area contributed by atoms with Gasteiger partial charge in [-0.05, 0) is 18.2 Å². The first-order chi connectivity index (χ1) is 8.06. The molecule has 0 fully saturated rings. The molecule has 1 aromatic heterocycles. The Morgan fingerprint density at radius 1 is 1.53 bits per heavy atom. The van der Waals surface area contributed by atoms with Crippen LogP contribution in [-0.2, 0) is 23.6 Å². The number of nitrogens with two attached hydrogens (primary N) is 1. The van der Waals surface area contributed by atoms with Gasteiger partial charge in [0, 0.05) is 29.0 Å². The Balaban J connectivity index is 2.22. The van der Waals surface area contributed by atoms with E-state index < -0.39 is 10.8 Å². The van der Waals surface area contributed by atoms with Crippen LogP contribution in [0.25, 0.3) is 0 Å². The topological polar surface area (TPSA) is 60.9 Å². The smallest absolute Gasteiger partial charge is 0.0632 e. The Morgan fingerprint density at radius 2 is 2.29 bits per heavy atom. The average molecular weight is 314 g/mol. The van der Waals surface area contributed by atoms with E-state index in [0.29, 0.717) is 16.3 Å². The van der Waals surface area contributed by atoms with E-state index in [4.69, 9.17) is 5.73 Å². The minimum Gasteiger partial charge on any atom is -0.398 e. The van der Waals surface area contributed by atoms with Crippen molar-refractivity contribution in [1.29, 1.82) is 0 Å². The highest BCUT2D eigenvalue weighted by molar-refractivity contribution is 9.10. The number of halogens is 1. The minimum absolute atomic E-state index is 0.425. The molecule has 90 valence electrons. The number of aromatic nitrogens is 2. The molecule has 2 N–H and O–H groups in total. The fourth-order valence-corrected chi connectivity index (χ4v) is 3.19. The number of hydrogen-bond acceptors (Lipinski definition) is 3. The highest BCUT2D eigenvalue weighted by Gasteiger charge is 2.10. The van der Waals surface area contributed by atoms with Gasteiger partial charge in [0.25, 0.3) is 0 Å². The molecule has 0 spiro atoms. The normalized spacial score (nSPS) is 12.6. The van der Waals surface area contributed by atoms with Crippen molar-refractivity contribution in [2.24, 2.45) is 7.05 Å². The molecule has 1 heterocycles. The van der Waals surface area contributed by atoms with Gasteiger partial charge in [0.15, 0.2) is 0 Å². The molecule has 1 unspecified atom stereocenters. The molecular weight excluding hydrogens is 302 g/mol. The lowest BCUT2D eigenvalue weighted by molar-refractivity contribution is 0.683. The number of rotatable bonds is 3. The zero-order valence-corrected chi connectivity index (χ0v) is 11.7. The third kappa shape index (κ3) is 2.95. The minimum atomic E-state index is -1.15. The highest BCUT2D eigenvalue weighted by atomic mass is 79.9. The van der Waals surface area contributed by atoms with E-state index in [0.717, 1.165) is 10.0 Å². The lowest BCUT2D eigenvalue weighted by atomic mass is 10.3. The molecule has 0 aliphatic heterocycles. The Hall–Kier alpha value is -1.14. The van der Waals surface area contributed by atoms with Crippen molar-refractivity contribution in [3.63, 3.8) is 0 Å². The predicted octanol–water partition coefficient (Wildman–Crippen LogP) is 2.07. The van der Waals surface area contributed by atoms with Gasteiger partial charge in [-0.1, -0.05) is 15.9 Å². The predicted molar refractivity (Wildman–Crippen MR) is 71.9 cm³/mol. The number of anilines is 1. The van der Waals surface area contributed by atoms with E-state index in [1.165, 1.54) is 0 Å². The van der Waals surface area contributed by atoms with E-state index in [1.807, 2.05) is 19.3 Å². The molecule has 1 aromatic carbocycles. The monoisotopic (exact) mass is 313 g/mol. The van der Waals surface area contributed by atoms with Crippen LogP contribution < -0.4 is 5.73 Å². The van der Waals surface area contributed by atoms with Gasteiger partial charge in [0.1, 0.15) is 0 Å². The van der Waals surface area contributed by atoms with E-state index in [9.17, 15) is 4.21 Å². The fraction of sp³-hybridized carbons (Fsp3) is 0.182. The van der Waals surface area contributed by atoms with Crippen LogP contribution in [0.4, 0.5) is 5.69 Å². The van der Waals surface area contributed by atoms with Gasteiger partial charge in [0.2, 0.25) is 0 Å². The second-order valence-corrected chi connectivity index (χ2v) is 6.03. The zero-order chi connectivity index (χ0) is 12.4. The average Bonchev–Trinajstić information content (AvgIpc) is 2.67. The van der Waals surface area contributed by atoms with Gasteiger partial charge in [-0.2, -0.15) is 5.10 Å². The maximum atomic E-state index is 12.2. The summed E-state index contributed by atoms with van der Waals surface area (Å²) in [4.78, 5) is 0.656. The Bertz CT molecular complexity index is 568. The van der Waals surface area contributed by atoms with Crippen molar-refractivity contribution < 1.29 is 4.21 Å². The summed E-state index contributed by atoms with van der Waals surface area (Å²) in [7, 11) is 0.682. The van der Waals surface area contributed by atoms with Crippen molar-refractivity contribution in [1.82, 2.24) is 9.78 Å². The summed E-state index contributed by atoms with van der Waals surface area (Å²) < 4.78 is 14.7. The van der Waals surface area contributed by atoms with Gasteiger partial charge in [-0.3, -0.25) is 8.89 Å². The van der Waals surface area contributed by atoms with Gasteiger partial charge < -0.3 is 5.73 Å². The van der Waals surface area contributed by atoms with E-state index in [2.05, 4.69) is 21.0 Å². The number of hydrogen-bond donors (Lipinski definition) is 1. The van der Waals surface area contributed by atoms with Crippen LogP contribution in [0, 0.1) is 0 Å². The van der Waals surface area contributed by atoms with Crippen molar-refractivity contribution in [2.45, 2.75) is 10.6 Å². The molecular formula is C11H12BrN3OS. The van der Waals surface area contributed by atoms with Gasteiger partial charge in [-0.25, -0.2) is 0 Å². The summed E-state index contributed by atoms with van der Waals surface area (Å²) in [5, 5.41) is 4.05. The van der Waals surface area contributed by atoms with Crippen LogP contribution in [-0.4, -0.2) is 14.0 Å². The quantitative estimate of drug-likeness (QED) is 0.882. The fourth-order valence-electron chi connectivity index (χ4n) is 1.48. The Morgan fingerprint density at radius 3 is 2.94 bits per heavy atom. The first kappa shape index (κ1) is 12.3. The molecule has 0 aliphatic carbocycles. The van der Waals surface area contributed by atoms with Crippen LogP contribution in [0.3, 0.4) is 0 Å². The summed E-state index contributed by atoms with van der Waals surface area (Å²) in [6, 6.07) is 5.38. The number of nitrogen functional groups attached to an aromatic ring is 1. The SMILES string of the molecule is Cn1cc(CS(=O)c2cc(Br)ccc2N)cn1. The summed E-state index contributed by atoms with van der Waals surface area (Å²) in [5.41, 5.74) is 7.30. The van der Waals surface area contributed by atoms with Gasteiger partial charge in [0.05, 0.1) is 27.6 Å². The van der Waals surface area contributed by atoms with Crippen LogP contribution in [0.1, 0.15) is 5.56 Å². The molecule has 0 bridgehead atoms. The molecule has 1 atom stereocenters. The van der Waals surface area contributed by atoms with Crippen molar-refractivity contribution in [2.75, 3.05) is 5.73 Å². The molecule has 4 nitrogen and oxygen atoms in total. The van der Waals surface area contributed by atoms with Crippen LogP contribution in [0.2, 0.25) is 0 Å². The first-order valence-electron chi connectivity index (χ1n) is 4.97. The number of benzene rings is 1. The zero-order valence-electron chi connectivity index (χ0n) is 9.26. The van der Waals surface area contributed by atoms with Crippen LogP contribution in [0.15, 0.2) is 40.0 Å². The summed E-state index contributed by atoms with van der Waals surface area (Å²) >= 11 is 3.35. The third-order valence-corrected chi connectivity index (χ3v) is 4.21. The first-order valence-corrected chi connectivity index (χ1v) is 7.08. The summed E-state index contributed by atoms with van der Waals surface area (Å²) in [6.45, 7) is 0. The molecule has 17 heavy (non-hydrogen) atoms. The summed E-state index contributed by atoms with van der Waals surface area (Å²) in [6.07, 6.45) is 3.57. The van der Waals surface area contributed by atoms with Crippen molar-refractivity contribution in [3.05, 3.63) is 40.6 Å². The van der Waals surface area contributed by atoms with E-state index >= 15 is 0 Å².